The Hall–Kier alpha value is -2.37. The molecule has 2 rings (SSSR count). The zero-order chi connectivity index (χ0) is 13.3. The van der Waals surface area contributed by atoms with Crippen molar-refractivity contribution in [3.05, 3.63) is 35.8 Å². The molecule has 0 radical (unpaired) electrons. The topological polar surface area (TPSA) is 64.3 Å². The normalized spacial score (nSPS) is 10.4. The highest BCUT2D eigenvalue weighted by atomic mass is 19.1. The number of carbonyl (C=O) groups is 1. The zero-order valence-electron chi connectivity index (χ0n) is 9.85. The summed E-state index contributed by atoms with van der Waals surface area (Å²) in [5.41, 5.74) is 0.795. The second-order valence-electron chi connectivity index (χ2n) is 3.69. The first-order valence-corrected chi connectivity index (χ1v) is 5.14. The van der Waals surface area contributed by atoms with Crippen LogP contribution in [0.1, 0.15) is 10.5 Å². The highest BCUT2D eigenvalue weighted by molar-refractivity contribution is 5.87. The molecule has 5 nitrogen and oxygen atoms in total. The molecule has 6 heteroatoms. The number of methoxy groups -OCH3 is 1. The van der Waals surface area contributed by atoms with Gasteiger partial charge in [0.25, 0.3) is 0 Å². The van der Waals surface area contributed by atoms with Crippen LogP contribution in [0, 0.1) is 5.82 Å². The van der Waals surface area contributed by atoms with E-state index in [2.05, 4.69) is 5.10 Å². The number of hydrogen-bond donors (Lipinski definition) is 1. The lowest BCUT2D eigenvalue weighted by Gasteiger charge is -2.05. The van der Waals surface area contributed by atoms with E-state index in [1.165, 1.54) is 43.1 Å². The quantitative estimate of drug-likeness (QED) is 0.904. The van der Waals surface area contributed by atoms with E-state index >= 15 is 0 Å². The Labute approximate surface area is 102 Å². The summed E-state index contributed by atoms with van der Waals surface area (Å²) in [7, 11) is 2.97. The van der Waals surface area contributed by atoms with Crippen LogP contribution in [0.15, 0.2) is 24.3 Å². The van der Waals surface area contributed by atoms with Gasteiger partial charge in [-0.3, -0.25) is 4.68 Å². The number of hydrogen-bond acceptors (Lipinski definition) is 3. The number of aryl methyl sites for hydroxylation is 1. The number of benzene rings is 1. The van der Waals surface area contributed by atoms with Crippen LogP contribution in [0.4, 0.5) is 4.39 Å². The summed E-state index contributed by atoms with van der Waals surface area (Å²) in [4.78, 5) is 10.9. The van der Waals surface area contributed by atoms with Crippen molar-refractivity contribution in [3.63, 3.8) is 0 Å². The van der Waals surface area contributed by atoms with Crippen LogP contribution >= 0.6 is 0 Å². The molecule has 0 bridgehead atoms. The lowest BCUT2D eigenvalue weighted by atomic mass is 10.1. The van der Waals surface area contributed by atoms with Gasteiger partial charge < -0.3 is 9.84 Å². The molecule has 0 spiro atoms. The van der Waals surface area contributed by atoms with E-state index < -0.39 is 11.8 Å². The summed E-state index contributed by atoms with van der Waals surface area (Å²) >= 11 is 0. The lowest BCUT2D eigenvalue weighted by molar-refractivity contribution is 0.0685. The minimum Gasteiger partial charge on any atom is -0.496 e. The maximum absolute atomic E-state index is 13.2. The predicted octanol–water partition coefficient (Wildman–Crippen LogP) is 1.93. The molecule has 0 aliphatic carbocycles. The SMILES string of the molecule is COc1ccc(F)cc1-c1cc(C(=O)O)n(C)n1. The molecule has 2 aromatic rings. The van der Waals surface area contributed by atoms with Gasteiger partial charge in [-0.05, 0) is 24.3 Å². The molecule has 0 amide bonds. The average molecular weight is 250 g/mol. The molecular formula is C12H11FN2O3. The number of halogens is 1. The number of aromatic nitrogens is 2. The van der Waals surface area contributed by atoms with Gasteiger partial charge in [0.2, 0.25) is 0 Å². The molecule has 0 atom stereocenters. The molecule has 0 aliphatic rings. The monoisotopic (exact) mass is 250 g/mol. The van der Waals surface area contributed by atoms with Crippen LogP contribution in [-0.2, 0) is 7.05 Å². The third-order valence-corrected chi connectivity index (χ3v) is 2.54. The van der Waals surface area contributed by atoms with Crippen LogP contribution in [-0.4, -0.2) is 28.0 Å². The maximum Gasteiger partial charge on any atom is 0.354 e. The Morgan fingerprint density at radius 3 is 2.72 bits per heavy atom. The largest absolute Gasteiger partial charge is 0.496 e. The van der Waals surface area contributed by atoms with Crippen molar-refractivity contribution in [2.24, 2.45) is 7.05 Å². The molecule has 0 fully saturated rings. The Bertz CT molecular complexity index is 607. The standard InChI is InChI=1S/C12H11FN2O3/c1-15-10(12(16)17)6-9(14-15)8-5-7(13)3-4-11(8)18-2/h3-6H,1-2H3,(H,16,17). The Balaban J connectivity index is 2.58. The van der Waals surface area contributed by atoms with Crippen LogP contribution in [0.3, 0.4) is 0 Å². The summed E-state index contributed by atoms with van der Waals surface area (Å²) in [6.07, 6.45) is 0. The third-order valence-electron chi connectivity index (χ3n) is 2.54. The molecule has 1 aromatic heterocycles. The van der Waals surface area contributed by atoms with Crippen molar-refractivity contribution in [1.29, 1.82) is 0 Å². The van der Waals surface area contributed by atoms with Gasteiger partial charge in [-0.15, -0.1) is 0 Å². The molecule has 0 unspecified atom stereocenters. The smallest absolute Gasteiger partial charge is 0.354 e. The van der Waals surface area contributed by atoms with Crippen LogP contribution in [0.5, 0.6) is 5.75 Å². The fourth-order valence-electron chi connectivity index (χ4n) is 1.68. The predicted molar refractivity (Wildman–Crippen MR) is 62.1 cm³/mol. The van der Waals surface area contributed by atoms with E-state index in [-0.39, 0.29) is 5.69 Å². The van der Waals surface area contributed by atoms with Gasteiger partial charge in [-0.1, -0.05) is 0 Å². The van der Waals surface area contributed by atoms with Crippen molar-refractivity contribution in [2.75, 3.05) is 7.11 Å². The van der Waals surface area contributed by atoms with Gasteiger partial charge in [-0.25, -0.2) is 9.18 Å². The molecule has 0 aliphatic heterocycles. The number of rotatable bonds is 3. The van der Waals surface area contributed by atoms with Crippen LogP contribution < -0.4 is 4.74 Å². The fraction of sp³-hybridized carbons (Fsp3) is 0.167. The summed E-state index contributed by atoms with van der Waals surface area (Å²) in [5.74, 6) is -1.09. The summed E-state index contributed by atoms with van der Waals surface area (Å²) in [6, 6.07) is 5.37. The Kier molecular flexibility index (Phi) is 3.01. The van der Waals surface area contributed by atoms with E-state index in [0.29, 0.717) is 17.0 Å². The number of aromatic carboxylic acids is 1. The van der Waals surface area contributed by atoms with Gasteiger partial charge in [0, 0.05) is 12.6 Å². The van der Waals surface area contributed by atoms with Crippen molar-refractivity contribution < 1.29 is 19.0 Å². The first-order chi connectivity index (χ1) is 8.52. The Morgan fingerprint density at radius 2 is 2.17 bits per heavy atom. The number of carboxylic acid groups (broad SMARTS) is 1. The third kappa shape index (κ3) is 2.04. The van der Waals surface area contributed by atoms with Crippen LogP contribution in [0.25, 0.3) is 11.3 Å². The van der Waals surface area contributed by atoms with Gasteiger partial charge in [-0.2, -0.15) is 5.10 Å². The minimum atomic E-state index is -1.09. The van der Waals surface area contributed by atoms with Gasteiger partial charge in [0.1, 0.15) is 17.3 Å². The van der Waals surface area contributed by atoms with Crippen molar-refractivity contribution >= 4 is 5.97 Å². The van der Waals surface area contributed by atoms with E-state index in [4.69, 9.17) is 9.84 Å². The zero-order valence-corrected chi connectivity index (χ0v) is 9.85. The van der Waals surface area contributed by atoms with Crippen molar-refractivity contribution in [3.8, 4) is 17.0 Å². The van der Waals surface area contributed by atoms with Gasteiger partial charge in [0.15, 0.2) is 0 Å². The lowest BCUT2D eigenvalue weighted by Crippen LogP contribution is -2.04. The number of nitrogens with zero attached hydrogens (tertiary/aromatic N) is 2. The second-order valence-corrected chi connectivity index (χ2v) is 3.69. The molecule has 94 valence electrons. The van der Waals surface area contributed by atoms with E-state index in [1.54, 1.807) is 0 Å². The summed E-state index contributed by atoms with van der Waals surface area (Å²) in [5, 5.41) is 13.0. The number of ether oxygens (including phenoxy) is 1. The van der Waals surface area contributed by atoms with Crippen molar-refractivity contribution in [2.45, 2.75) is 0 Å². The first kappa shape index (κ1) is 12.1. The van der Waals surface area contributed by atoms with E-state index in [1.807, 2.05) is 0 Å². The summed E-state index contributed by atoms with van der Waals surface area (Å²) in [6.45, 7) is 0. The van der Waals surface area contributed by atoms with E-state index in [9.17, 15) is 9.18 Å². The highest BCUT2D eigenvalue weighted by Crippen LogP contribution is 2.29. The second kappa shape index (κ2) is 4.48. The average Bonchev–Trinajstić information content (AvgIpc) is 2.71. The first-order valence-electron chi connectivity index (χ1n) is 5.14. The van der Waals surface area contributed by atoms with Crippen LogP contribution in [0.2, 0.25) is 0 Å². The summed E-state index contributed by atoms with van der Waals surface area (Å²) < 4.78 is 19.6. The Morgan fingerprint density at radius 1 is 1.44 bits per heavy atom. The van der Waals surface area contributed by atoms with Gasteiger partial charge >= 0.3 is 5.97 Å². The molecule has 1 aromatic carbocycles. The fourth-order valence-corrected chi connectivity index (χ4v) is 1.68. The molecule has 1 N–H and O–H groups in total. The highest BCUT2D eigenvalue weighted by Gasteiger charge is 2.16. The van der Waals surface area contributed by atoms with Crippen molar-refractivity contribution in [1.82, 2.24) is 9.78 Å². The number of carboxylic acids is 1. The van der Waals surface area contributed by atoms with E-state index in [0.717, 1.165) is 0 Å². The minimum absolute atomic E-state index is 0.0244. The molecular weight excluding hydrogens is 239 g/mol. The molecule has 0 saturated heterocycles. The molecule has 18 heavy (non-hydrogen) atoms. The maximum atomic E-state index is 13.2. The molecule has 0 saturated carbocycles. The molecule has 1 heterocycles. The van der Waals surface area contributed by atoms with Gasteiger partial charge in [0.05, 0.1) is 12.8 Å².